The van der Waals surface area contributed by atoms with Gasteiger partial charge in [0.1, 0.15) is 11.4 Å². The summed E-state index contributed by atoms with van der Waals surface area (Å²) in [6, 6.07) is 10.1. The molecular weight excluding hydrogens is 338 g/mol. The average molecular weight is 357 g/mol. The van der Waals surface area contributed by atoms with Crippen molar-refractivity contribution in [2.24, 2.45) is 0 Å². The number of rotatable bonds is 5. The van der Waals surface area contributed by atoms with Gasteiger partial charge in [0.2, 0.25) is 0 Å². The highest BCUT2D eigenvalue weighted by molar-refractivity contribution is 7.14. The second-order valence-corrected chi connectivity index (χ2v) is 6.44. The molecule has 0 fully saturated rings. The lowest BCUT2D eigenvalue weighted by molar-refractivity contribution is 0.706. The van der Waals surface area contributed by atoms with Gasteiger partial charge in [0.15, 0.2) is 5.13 Å². The number of aromatic amines is 1. The van der Waals surface area contributed by atoms with Crippen molar-refractivity contribution >= 4 is 22.3 Å². The third-order valence-electron chi connectivity index (χ3n) is 3.96. The molecule has 4 N–H and O–H groups in total. The smallest absolute Gasteiger partial charge is 0.329 e. The normalized spacial score (nSPS) is 12.1. The van der Waals surface area contributed by atoms with Gasteiger partial charge in [-0.25, -0.2) is 9.78 Å². The number of hydrogen-bond donors (Lipinski definition) is 3. The topological polar surface area (TPSA) is 106 Å². The Balaban J connectivity index is 1.92. The summed E-state index contributed by atoms with van der Waals surface area (Å²) in [6.07, 6.45) is 0. The molecule has 0 aliphatic carbocycles. The maximum Gasteiger partial charge on any atom is 0.329 e. The van der Waals surface area contributed by atoms with E-state index < -0.39 is 11.2 Å². The molecule has 0 saturated heterocycles. The van der Waals surface area contributed by atoms with Crippen molar-refractivity contribution in [2.75, 3.05) is 11.1 Å². The van der Waals surface area contributed by atoms with E-state index in [0.717, 1.165) is 5.56 Å². The van der Waals surface area contributed by atoms with Crippen molar-refractivity contribution in [1.82, 2.24) is 14.5 Å². The maximum atomic E-state index is 12.2. The van der Waals surface area contributed by atoms with E-state index in [1.807, 2.05) is 37.3 Å². The first-order valence-corrected chi connectivity index (χ1v) is 8.79. The molecule has 2 heterocycles. The van der Waals surface area contributed by atoms with Crippen LogP contribution in [0.15, 0.2) is 45.3 Å². The Morgan fingerprint density at radius 2 is 2.04 bits per heavy atom. The molecule has 25 heavy (non-hydrogen) atoms. The Kier molecular flexibility index (Phi) is 4.71. The van der Waals surface area contributed by atoms with Crippen molar-refractivity contribution < 1.29 is 0 Å². The van der Waals surface area contributed by atoms with Gasteiger partial charge < -0.3 is 11.1 Å². The van der Waals surface area contributed by atoms with E-state index in [9.17, 15) is 9.59 Å². The number of nitrogens with zero attached hydrogens (tertiary/aromatic N) is 2. The first-order valence-electron chi connectivity index (χ1n) is 7.91. The zero-order valence-electron chi connectivity index (χ0n) is 13.9. The molecule has 1 atom stereocenters. The number of aromatic nitrogens is 3. The number of nitrogens with two attached hydrogens (primary N) is 1. The molecule has 1 aromatic carbocycles. The zero-order chi connectivity index (χ0) is 18.0. The molecule has 0 spiro atoms. The van der Waals surface area contributed by atoms with Crippen LogP contribution in [0.1, 0.15) is 25.5 Å². The van der Waals surface area contributed by atoms with Gasteiger partial charge in [-0.15, -0.1) is 11.3 Å². The molecule has 3 rings (SSSR count). The first kappa shape index (κ1) is 17.0. The summed E-state index contributed by atoms with van der Waals surface area (Å²) in [5.74, 6) is 0.129. The van der Waals surface area contributed by atoms with Crippen molar-refractivity contribution in [3.8, 4) is 11.3 Å². The van der Waals surface area contributed by atoms with Gasteiger partial charge in [0, 0.05) is 11.9 Å². The van der Waals surface area contributed by atoms with Crippen LogP contribution in [0, 0.1) is 0 Å². The molecular formula is C17H19N5O2S. The van der Waals surface area contributed by atoms with Crippen molar-refractivity contribution in [3.63, 3.8) is 0 Å². The highest BCUT2D eigenvalue weighted by Crippen LogP contribution is 2.28. The summed E-state index contributed by atoms with van der Waals surface area (Å²) < 4.78 is 1.32. The van der Waals surface area contributed by atoms with Gasteiger partial charge in [0.25, 0.3) is 5.56 Å². The monoisotopic (exact) mass is 357 g/mol. The number of H-pyrrole nitrogens is 1. The fourth-order valence-corrected chi connectivity index (χ4v) is 3.40. The lowest BCUT2D eigenvalue weighted by Gasteiger charge is -2.13. The second kappa shape index (κ2) is 6.94. The van der Waals surface area contributed by atoms with E-state index in [1.165, 1.54) is 15.9 Å². The molecule has 0 aliphatic rings. The molecule has 0 unspecified atom stereocenters. The number of anilines is 2. The van der Waals surface area contributed by atoms with E-state index in [1.54, 1.807) is 12.3 Å². The Hall–Kier alpha value is -2.87. The quantitative estimate of drug-likeness (QED) is 0.650. The highest BCUT2D eigenvalue weighted by atomic mass is 32.1. The minimum Gasteiger partial charge on any atom is -0.384 e. The van der Waals surface area contributed by atoms with Crippen molar-refractivity contribution in [1.29, 1.82) is 0 Å². The molecule has 0 radical (unpaired) electrons. The van der Waals surface area contributed by atoms with E-state index in [-0.39, 0.29) is 17.4 Å². The van der Waals surface area contributed by atoms with Gasteiger partial charge >= 0.3 is 5.69 Å². The van der Waals surface area contributed by atoms with Crippen LogP contribution in [-0.4, -0.2) is 14.5 Å². The van der Waals surface area contributed by atoms with Crippen LogP contribution in [0.3, 0.4) is 0 Å². The van der Waals surface area contributed by atoms with E-state index in [0.29, 0.717) is 17.4 Å². The Bertz CT molecular complexity index is 990. The molecule has 0 amide bonds. The fraction of sp³-hybridized carbons (Fsp3) is 0.235. The highest BCUT2D eigenvalue weighted by Gasteiger charge is 2.17. The summed E-state index contributed by atoms with van der Waals surface area (Å²) in [4.78, 5) is 30.7. The largest absolute Gasteiger partial charge is 0.384 e. The minimum atomic E-state index is -0.528. The molecule has 3 aromatic rings. The summed E-state index contributed by atoms with van der Waals surface area (Å²) >= 11 is 1.38. The summed E-state index contributed by atoms with van der Waals surface area (Å²) in [5, 5.41) is 5.75. The van der Waals surface area contributed by atoms with Crippen LogP contribution < -0.4 is 22.3 Å². The summed E-state index contributed by atoms with van der Waals surface area (Å²) in [6.45, 7) is 4.19. The Morgan fingerprint density at radius 1 is 1.32 bits per heavy atom. The van der Waals surface area contributed by atoms with Crippen LogP contribution >= 0.6 is 11.3 Å². The number of nitrogens with one attached hydrogen (secondary N) is 2. The predicted octanol–water partition coefficient (Wildman–Crippen LogP) is 2.44. The standard InChI is InChI=1S/C17H19N5O2S/c1-3-22-14(18)13(15(23)21-17(22)24)12-9-25-16(20-12)19-10(2)11-7-5-4-6-8-11/h4-10H,3,18H2,1-2H3,(H,19,20)(H,21,23,24)/t10-/m1/s1. The van der Waals surface area contributed by atoms with Crippen molar-refractivity contribution in [3.05, 3.63) is 62.1 Å². The van der Waals surface area contributed by atoms with Crippen LogP contribution in [0.4, 0.5) is 10.9 Å². The molecule has 0 aliphatic heterocycles. The molecule has 2 aromatic heterocycles. The minimum absolute atomic E-state index is 0.0698. The van der Waals surface area contributed by atoms with Gasteiger partial charge in [-0.1, -0.05) is 30.3 Å². The van der Waals surface area contributed by atoms with Gasteiger partial charge in [0.05, 0.1) is 11.7 Å². The molecule has 130 valence electrons. The summed E-state index contributed by atoms with van der Waals surface area (Å²) in [7, 11) is 0. The lowest BCUT2D eigenvalue weighted by Crippen LogP contribution is -2.32. The third-order valence-corrected chi connectivity index (χ3v) is 4.73. The number of hydrogen-bond acceptors (Lipinski definition) is 6. The van der Waals surface area contributed by atoms with E-state index in [2.05, 4.69) is 15.3 Å². The first-order chi connectivity index (χ1) is 12.0. The van der Waals surface area contributed by atoms with Gasteiger partial charge in [-0.3, -0.25) is 14.3 Å². The summed E-state index contributed by atoms with van der Waals surface area (Å²) in [5.41, 5.74) is 6.78. The Morgan fingerprint density at radius 3 is 2.72 bits per heavy atom. The van der Waals surface area contributed by atoms with Gasteiger partial charge in [-0.05, 0) is 19.4 Å². The number of benzene rings is 1. The number of thiazole rings is 1. The molecule has 7 nitrogen and oxygen atoms in total. The lowest BCUT2D eigenvalue weighted by atomic mass is 10.1. The van der Waals surface area contributed by atoms with Crippen LogP contribution in [0.25, 0.3) is 11.3 Å². The average Bonchev–Trinajstić information content (AvgIpc) is 3.03. The van der Waals surface area contributed by atoms with E-state index >= 15 is 0 Å². The second-order valence-electron chi connectivity index (χ2n) is 5.58. The number of nitrogen functional groups attached to an aromatic ring is 1. The third kappa shape index (κ3) is 3.34. The SMILES string of the molecule is CCn1c(N)c(-c2csc(N[C@H](C)c3ccccc3)n2)c(=O)[nH]c1=O. The molecule has 8 heteroatoms. The zero-order valence-corrected chi connectivity index (χ0v) is 14.8. The maximum absolute atomic E-state index is 12.2. The van der Waals surface area contributed by atoms with Crippen LogP contribution in [0.2, 0.25) is 0 Å². The van der Waals surface area contributed by atoms with Gasteiger partial charge in [-0.2, -0.15) is 0 Å². The predicted molar refractivity (Wildman–Crippen MR) is 101 cm³/mol. The molecule has 0 saturated carbocycles. The Labute approximate surface area is 148 Å². The van der Waals surface area contributed by atoms with Crippen LogP contribution in [0.5, 0.6) is 0 Å². The van der Waals surface area contributed by atoms with E-state index in [4.69, 9.17) is 5.73 Å². The van der Waals surface area contributed by atoms with Crippen molar-refractivity contribution in [2.45, 2.75) is 26.4 Å². The molecule has 0 bridgehead atoms. The van der Waals surface area contributed by atoms with Crippen LogP contribution in [-0.2, 0) is 6.54 Å². The fourth-order valence-electron chi connectivity index (χ4n) is 2.61.